The molecular formula is C17H27N3O. The lowest BCUT2D eigenvalue weighted by Gasteiger charge is -2.29. The second kappa shape index (κ2) is 7.46. The minimum Gasteiger partial charge on any atom is -0.399 e. The van der Waals surface area contributed by atoms with E-state index >= 15 is 0 Å². The SMILES string of the molecule is Cc1cc(C(=O)NCC(C)CN2CCCCC2)ccc1N. The molecule has 1 fully saturated rings. The van der Waals surface area contributed by atoms with Gasteiger partial charge in [-0.3, -0.25) is 4.79 Å². The highest BCUT2D eigenvalue weighted by Gasteiger charge is 2.14. The molecule has 0 spiro atoms. The Hall–Kier alpha value is -1.55. The zero-order chi connectivity index (χ0) is 15.2. The first-order valence-electron chi connectivity index (χ1n) is 7.93. The van der Waals surface area contributed by atoms with Crippen LogP contribution >= 0.6 is 0 Å². The number of anilines is 1. The summed E-state index contributed by atoms with van der Waals surface area (Å²) in [5.41, 5.74) is 8.14. The van der Waals surface area contributed by atoms with Crippen LogP contribution in [0.25, 0.3) is 0 Å². The zero-order valence-corrected chi connectivity index (χ0v) is 13.2. The van der Waals surface area contributed by atoms with E-state index in [-0.39, 0.29) is 5.91 Å². The maximum absolute atomic E-state index is 12.1. The first-order valence-corrected chi connectivity index (χ1v) is 7.93. The number of piperidine rings is 1. The number of amides is 1. The van der Waals surface area contributed by atoms with Gasteiger partial charge in [-0.2, -0.15) is 0 Å². The molecule has 0 radical (unpaired) electrons. The molecule has 1 heterocycles. The molecule has 1 amide bonds. The monoisotopic (exact) mass is 289 g/mol. The van der Waals surface area contributed by atoms with Crippen LogP contribution in [0.5, 0.6) is 0 Å². The van der Waals surface area contributed by atoms with Gasteiger partial charge in [0.05, 0.1) is 0 Å². The van der Waals surface area contributed by atoms with Gasteiger partial charge in [0.2, 0.25) is 0 Å². The summed E-state index contributed by atoms with van der Waals surface area (Å²) in [4.78, 5) is 14.6. The number of nitrogens with two attached hydrogens (primary N) is 1. The normalized spacial score (nSPS) is 17.4. The van der Waals surface area contributed by atoms with Crippen molar-refractivity contribution in [1.29, 1.82) is 0 Å². The van der Waals surface area contributed by atoms with E-state index < -0.39 is 0 Å². The molecule has 116 valence electrons. The predicted octanol–water partition coefficient (Wildman–Crippen LogP) is 2.43. The van der Waals surface area contributed by atoms with Crippen molar-refractivity contribution < 1.29 is 4.79 Å². The van der Waals surface area contributed by atoms with E-state index in [9.17, 15) is 4.79 Å². The molecule has 4 heteroatoms. The fourth-order valence-corrected chi connectivity index (χ4v) is 2.83. The van der Waals surface area contributed by atoms with Gasteiger partial charge in [-0.25, -0.2) is 0 Å². The molecule has 0 aliphatic carbocycles. The number of nitrogen functional groups attached to an aromatic ring is 1. The summed E-state index contributed by atoms with van der Waals surface area (Å²) < 4.78 is 0. The molecule has 0 bridgehead atoms. The molecule has 1 aliphatic rings. The number of likely N-dealkylation sites (tertiary alicyclic amines) is 1. The number of hydrogen-bond acceptors (Lipinski definition) is 3. The van der Waals surface area contributed by atoms with Gasteiger partial charge in [0.25, 0.3) is 5.91 Å². The fourth-order valence-electron chi connectivity index (χ4n) is 2.83. The van der Waals surface area contributed by atoms with Crippen molar-refractivity contribution in [3.05, 3.63) is 29.3 Å². The molecule has 4 nitrogen and oxygen atoms in total. The lowest BCUT2D eigenvalue weighted by Crippen LogP contribution is -2.38. The van der Waals surface area contributed by atoms with E-state index in [1.54, 1.807) is 12.1 Å². The summed E-state index contributed by atoms with van der Waals surface area (Å²) in [6, 6.07) is 5.42. The largest absolute Gasteiger partial charge is 0.399 e. The Morgan fingerprint density at radius 2 is 2.05 bits per heavy atom. The Bertz CT molecular complexity index is 481. The van der Waals surface area contributed by atoms with Gasteiger partial charge in [0.1, 0.15) is 0 Å². The number of benzene rings is 1. The second-order valence-corrected chi connectivity index (χ2v) is 6.25. The summed E-state index contributed by atoms with van der Waals surface area (Å²) in [7, 11) is 0. The van der Waals surface area contributed by atoms with Crippen LogP contribution in [0.1, 0.15) is 42.1 Å². The molecule has 0 aromatic heterocycles. The van der Waals surface area contributed by atoms with E-state index in [0.29, 0.717) is 11.5 Å². The Labute approximate surface area is 127 Å². The molecule has 2 rings (SSSR count). The number of nitrogens with zero attached hydrogens (tertiary/aromatic N) is 1. The molecule has 1 unspecified atom stereocenters. The van der Waals surface area contributed by atoms with Crippen LogP contribution in [-0.4, -0.2) is 37.0 Å². The maximum atomic E-state index is 12.1. The van der Waals surface area contributed by atoms with Gasteiger partial charge < -0.3 is 16.0 Å². The third-order valence-corrected chi connectivity index (χ3v) is 4.16. The third kappa shape index (κ3) is 4.74. The Kier molecular flexibility index (Phi) is 5.62. The quantitative estimate of drug-likeness (QED) is 0.819. The number of hydrogen-bond donors (Lipinski definition) is 2. The molecular weight excluding hydrogens is 262 g/mol. The molecule has 1 aromatic carbocycles. The van der Waals surface area contributed by atoms with E-state index in [1.807, 2.05) is 13.0 Å². The molecule has 21 heavy (non-hydrogen) atoms. The van der Waals surface area contributed by atoms with Gasteiger partial charge in [-0.1, -0.05) is 13.3 Å². The topological polar surface area (TPSA) is 58.4 Å². The first kappa shape index (κ1) is 15.8. The van der Waals surface area contributed by atoms with E-state index in [4.69, 9.17) is 5.73 Å². The number of rotatable bonds is 5. The van der Waals surface area contributed by atoms with Crippen molar-refractivity contribution in [3.8, 4) is 0 Å². The van der Waals surface area contributed by atoms with Crippen LogP contribution in [0.3, 0.4) is 0 Å². The lowest BCUT2D eigenvalue weighted by atomic mass is 10.1. The van der Waals surface area contributed by atoms with Crippen LogP contribution in [0.2, 0.25) is 0 Å². The maximum Gasteiger partial charge on any atom is 0.251 e. The molecule has 0 saturated carbocycles. The van der Waals surface area contributed by atoms with Crippen LogP contribution < -0.4 is 11.1 Å². The van der Waals surface area contributed by atoms with Crippen molar-refractivity contribution in [2.45, 2.75) is 33.1 Å². The summed E-state index contributed by atoms with van der Waals surface area (Å²) in [6.45, 7) is 8.32. The number of aryl methyl sites for hydroxylation is 1. The zero-order valence-electron chi connectivity index (χ0n) is 13.2. The van der Waals surface area contributed by atoms with Crippen LogP contribution in [0, 0.1) is 12.8 Å². The predicted molar refractivity (Wildman–Crippen MR) is 87.4 cm³/mol. The second-order valence-electron chi connectivity index (χ2n) is 6.25. The highest BCUT2D eigenvalue weighted by molar-refractivity contribution is 5.94. The van der Waals surface area contributed by atoms with Gasteiger partial charge in [0.15, 0.2) is 0 Å². The Morgan fingerprint density at radius 3 is 2.71 bits per heavy atom. The van der Waals surface area contributed by atoms with Gasteiger partial charge in [-0.05, 0) is 62.5 Å². The van der Waals surface area contributed by atoms with Gasteiger partial charge in [0, 0.05) is 24.3 Å². The third-order valence-electron chi connectivity index (χ3n) is 4.16. The van der Waals surface area contributed by atoms with E-state index in [0.717, 1.165) is 24.3 Å². The van der Waals surface area contributed by atoms with E-state index in [2.05, 4.69) is 17.1 Å². The van der Waals surface area contributed by atoms with Crippen molar-refractivity contribution in [3.63, 3.8) is 0 Å². The van der Waals surface area contributed by atoms with Crippen molar-refractivity contribution in [2.75, 3.05) is 31.9 Å². The summed E-state index contributed by atoms with van der Waals surface area (Å²) >= 11 is 0. The van der Waals surface area contributed by atoms with Crippen molar-refractivity contribution >= 4 is 11.6 Å². The van der Waals surface area contributed by atoms with Gasteiger partial charge >= 0.3 is 0 Å². The number of carbonyl (C=O) groups excluding carboxylic acids is 1. The molecule has 1 aromatic rings. The minimum atomic E-state index is -0.0106. The Balaban J connectivity index is 1.78. The van der Waals surface area contributed by atoms with Gasteiger partial charge in [-0.15, -0.1) is 0 Å². The molecule has 1 saturated heterocycles. The fraction of sp³-hybridized carbons (Fsp3) is 0.588. The average molecular weight is 289 g/mol. The minimum absolute atomic E-state index is 0.0106. The summed E-state index contributed by atoms with van der Waals surface area (Å²) in [5.74, 6) is 0.463. The molecule has 3 N–H and O–H groups in total. The number of nitrogens with one attached hydrogen (secondary N) is 1. The van der Waals surface area contributed by atoms with Crippen molar-refractivity contribution in [2.24, 2.45) is 5.92 Å². The summed E-state index contributed by atoms with van der Waals surface area (Å²) in [5, 5.41) is 3.03. The first-order chi connectivity index (χ1) is 10.1. The van der Waals surface area contributed by atoms with E-state index in [1.165, 1.54) is 32.4 Å². The smallest absolute Gasteiger partial charge is 0.251 e. The highest BCUT2D eigenvalue weighted by atomic mass is 16.1. The van der Waals surface area contributed by atoms with Crippen LogP contribution in [-0.2, 0) is 0 Å². The van der Waals surface area contributed by atoms with Crippen LogP contribution in [0.4, 0.5) is 5.69 Å². The number of carbonyl (C=O) groups is 1. The highest BCUT2D eigenvalue weighted by Crippen LogP contribution is 2.13. The standard InChI is InChI=1S/C17H27N3O/c1-13(12-20-8-4-3-5-9-20)11-19-17(21)15-6-7-16(18)14(2)10-15/h6-7,10,13H,3-5,8-9,11-12,18H2,1-2H3,(H,19,21). The van der Waals surface area contributed by atoms with Crippen molar-refractivity contribution in [1.82, 2.24) is 10.2 Å². The summed E-state index contributed by atoms with van der Waals surface area (Å²) in [6.07, 6.45) is 3.98. The molecule has 1 atom stereocenters. The lowest BCUT2D eigenvalue weighted by molar-refractivity contribution is 0.0942. The average Bonchev–Trinajstić information content (AvgIpc) is 2.48. The van der Waals surface area contributed by atoms with Crippen LogP contribution in [0.15, 0.2) is 18.2 Å². The molecule has 1 aliphatic heterocycles. The Morgan fingerprint density at radius 1 is 1.33 bits per heavy atom.